The molecule has 0 aromatic heterocycles. The van der Waals surface area contributed by atoms with Gasteiger partial charge in [0.15, 0.2) is 0 Å². The zero-order valence-corrected chi connectivity index (χ0v) is 10.5. The van der Waals surface area contributed by atoms with Gasteiger partial charge >= 0.3 is 0 Å². The molecular formula is C16H19. The lowest BCUT2D eigenvalue weighted by Gasteiger charge is -2.27. The molecule has 0 saturated heterocycles. The van der Waals surface area contributed by atoms with Crippen LogP contribution in [0, 0.1) is 11.5 Å². The van der Waals surface area contributed by atoms with Crippen LogP contribution >= 0.6 is 0 Å². The van der Waals surface area contributed by atoms with Crippen molar-refractivity contribution in [2.75, 3.05) is 0 Å². The Morgan fingerprint density at radius 1 is 1.00 bits per heavy atom. The van der Waals surface area contributed by atoms with E-state index >= 15 is 0 Å². The molecule has 2 aromatic carbocycles. The first-order valence-corrected chi connectivity index (χ1v) is 5.89. The molecule has 2 rings (SSSR count). The van der Waals surface area contributed by atoms with Gasteiger partial charge in [-0.15, -0.1) is 0 Å². The van der Waals surface area contributed by atoms with Crippen LogP contribution in [0.5, 0.6) is 0 Å². The van der Waals surface area contributed by atoms with Gasteiger partial charge in [-0.2, -0.15) is 0 Å². The second-order valence-electron chi connectivity index (χ2n) is 5.59. The summed E-state index contributed by atoms with van der Waals surface area (Å²) in [5.41, 5.74) is 1.60. The molecule has 1 unspecified atom stereocenters. The summed E-state index contributed by atoms with van der Waals surface area (Å²) in [5.74, 6) is 0.525. The molecule has 0 aliphatic rings. The van der Waals surface area contributed by atoms with Crippen molar-refractivity contribution in [2.24, 2.45) is 5.41 Å². The number of fused-ring (bicyclic) bond motifs is 1. The molecule has 0 N–H and O–H groups in total. The highest BCUT2D eigenvalue weighted by molar-refractivity contribution is 5.82. The van der Waals surface area contributed by atoms with E-state index in [9.17, 15) is 0 Å². The fourth-order valence-electron chi connectivity index (χ4n) is 1.85. The SMILES string of the molecule is CC(c1[c]c2ccccc2cc1)C(C)(C)C. The van der Waals surface area contributed by atoms with Gasteiger partial charge in [0.1, 0.15) is 0 Å². The molecule has 83 valence electrons. The van der Waals surface area contributed by atoms with Crippen molar-refractivity contribution >= 4 is 10.8 Å². The lowest BCUT2D eigenvalue weighted by molar-refractivity contribution is 0.339. The van der Waals surface area contributed by atoms with Crippen LogP contribution in [0.1, 0.15) is 39.2 Å². The van der Waals surface area contributed by atoms with E-state index in [2.05, 4.69) is 70.2 Å². The predicted octanol–water partition coefficient (Wildman–Crippen LogP) is 4.79. The predicted molar refractivity (Wildman–Crippen MR) is 70.7 cm³/mol. The van der Waals surface area contributed by atoms with Gasteiger partial charge in [-0.3, -0.25) is 0 Å². The highest BCUT2D eigenvalue weighted by atomic mass is 14.3. The Kier molecular flexibility index (Phi) is 2.75. The molecule has 0 aliphatic heterocycles. The second-order valence-corrected chi connectivity index (χ2v) is 5.59. The molecule has 0 heteroatoms. The highest BCUT2D eigenvalue weighted by Gasteiger charge is 2.21. The number of rotatable bonds is 1. The lowest BCUT2D eigenvalue weighted by Crippen LogP contribution is -2.15. The Morgan fingerprint density at radius 3 is 2.38 bits per heavy atom. The van der Waals surface area contributed by atoms with Crippen LogP contribution < -0.4 is 0 Å². The summed E-state index contributed by atoms with van der Waals surface area (Å²) in [6.07, 6.45) is 0. The topological polar surface area (TPSA) is 0 Å². The molecule has 0 nitrogen and oxygen atoms in total. The van der Waals surface area contributed by atoms with E-state index in [0.717, 1.165) is 0 Å². The summed E-state index contributed by atoms with van der Waals surface area (Å²) in [6, 6.07) is 16.4. The molecule has 1 atom stereocenters. The van der Waals surface area contributed by atoms with E-state index in [-0.39, 0.29) is 0 Å². The van der Waals surface area contributed by atoms with E-state index in [0.29, 0.717) is 11.3 Å². The summed E-state index contributed by atoms with van der Waals surface area (Å²) in [5, 5.41) is 2.49. The molecule has 0 saturated carbocycles. The van der Waals surface area contributed by atoms with E-state index in [1.807, 2.05) is 0 Å². The summed E-state index contributed by atoms with van der Waals surface area (Å²) in [7, 11) is 0. The molecule has 0 amide bonds. The Morgan fingerprint density at radius 2 is 1.69 bits per heavy atom. The third-order valence-electron chi connectivity index (χ3n) is 3.45. The van der Waals surface area contributed by atoms with E-state index in [4.69, 9.17) is 0 Å². The Labute approximate surface area is 98.3 Å². The standard InChI is InChI=1S/C16H19/c1-12(16(2,3)4)14-10-9-13-7-5-6-8-15(13)11-14/h5-10,12H,1-4H3. The minimum absolute atomic E-state index is 0.291. The first-order valence-electron chi connectivity index (χ1n) is 5.89. The number of hydrogen-bond donors (Lipinski definition) is 0. The average Bonchev–Trinajstić information content (AvgIpc) is 2.26. The molecule has 0 fully saturated rings. The quantitative estimate of drug-likeness (QED) is 0.636. The Balaban J connectivity index is 2.47. The van der Waals surface area contributed by atoms with Gasteiger partial charge in [0, 0.05) is 0 Å². The highest BCUT2D eigenvalue weighted by Crippen LogP contribution is 2.35. The first kappa shape index (κ1) is 11.2. The monoisotopic (exact) mass is 211 g/mol. The van der Waals surface area contributed by atoms with Crippen molar-refractivity contribution in [3.63, 3.8) is 0 Å². The van der Waals surface area contributed by atoms with Gasteiger partial charge < -0.3 is 0 Å². The molecule has 2 aromatic rings. The van der Waals surface area contributed by atoms with Crippen LogP contribution in [0.3, 0.4) is 0 Å². The molecule has 0 aliphatic carbocycles. The maximum Gasteiger partial charge on any atom is -0.00613 e. The third-order valence-corrected chi connectivity index (χ3v) is 3.45. The summed E-state index contributed by atoms with van der Waals surface area (Å²) >= 11 is 0. The maximum atomic E-state index is 3.53. The molecule has 0 spiro atoms. The van der Waals surface area contributed by atoms with E-state index < -0.39 is 0 Å². The molecular weight excluding hydrogens is 192 g/mol. The summed E-state index contributed by atoms with van der Waals surface area (Å²) in [6.45, 7) is 9.11. The van der Waals surface area contributed by atoms with Crippen LogP contribution in [0.2, 0.25) is 0 Å². The van der Waals surface area contributed by atoms with Crippen molar-refractivity contribution in [1.29, 1.82) is 0 Å². The van der Waals surface area contributed by atoms with Gasteiger partial charge in [-0.1, -0.05) is 64.1 Å². The van der Waals surface area contributed by atoms with Crippen LogP contribution in [0.4, 0.5) is 0 Å². The van der Waals surface area contributed by atoms with Crippen LogP contribution in [-0.4, -0.2) is 0 Å². The van der Waals surface area contributed by atoms with Gasteiger partial charge in [-0.05, 0) is 33.7 Å². The van der Waals surface area contributed by atoms with Crippen LogP contribution in [0.15, 0.2) is 36.4 Å². The largest absolute Gasteiger partial charge is 0.0616 e. The smallest absolute Gasteiger partial charge is 0.00613 e. The van der Waals surface area contributed by atoms with Crippen LogP contribution in [0.25, 0.3) is 10.8 Å². The maximum absolute atomic E-state index is 3.53. The average molecular weight is 211 g/mol. The van der Waals surface area contributed by atoms with E-state index in [1.165, 1.54) is 16.3 Å². The fourth-order valence-corrected chi connectivity index (χ4v) is 1.85. The molecule has 16 heavy (non-hydrogen) atoms. The van der Waals surface area contributed by atoms with Gasteiger partial charge in [-0.25, -0.2) is 0 Å². The Hall–Kier alpha value is -1.30. The van der Waals surface area contributed by atoms with E-state index in [1.54, 1.807) is 0 Å². The van der Waals surface area contributed by atoms with Gasteiger partial charge in [0.05, 0.1) is 0 Å². The zero-order valence-electron chi connectivity index (χ0n) is 10.5. The Bertz CT molecular complexity index is 489. The molecule has 0 bridgehead atoms. The lowest BCUT2D eigenvalue weighted by atomic mass is 9.77. The van der Waals surface area contributed by atoms with Gasteiger partial charge in [0.2, 0.25) is 0 Å². The normalized spacial score (nSPS) is 14.0. The summed E-state index contributed by atoms with van der Waals surface area (Å²) in [4.78, 5) is 0. The number of benzene rings is 2. The van der Waals surface area contributed by atoms with Crippen molar-refractivity contribution in [3.8, 4) is 0 Å². The molecule has 0 heterocycles. The van der Waals surface area contributed by atoms with Crippen molar-refractivity contribution in [3.05, 3.63) is 48.0 Å². The summed E-state index contributed by atoms with van der Waals surface area (Å²) < 4.78 is 0. The minimum Gasteiger partial charge on any atom is -0.0616 e. The van der Waals surface area contributed by atoms with Crippen molar-refractivity contribution < 1.29 is 0 Å². The second kappa shape index (κ2) is 3.93. The van der Waals surface area contributed by atoms with Crippen molar-refractivity contribution in [2.45, 2.75) is 33.6 Å². The van der Waals surface area contributed by atoms with Crippen LogP contribution in [-0.2, 0) is 0 Å². The number of hydrogen-bond acceptors (Lipinski definition) is 0. The molecule has 1 radical (unpaired) electrons. The van der Waals surface area contributed by atoms with Crippen molar-refractivity contribution in [1.82, 2.24) is 0 Å². The van der Waals surface area contributed by atoms with Gasteiger partial charge in [0.25, 0.3) is 0 Å². The fraction of sp³-hybridized carbons (Fsp3) is 0.375. The first-order chi connectivity index (χ1) is 7.48. The third kappa shape index (κ3) is 2.11. The zero-order chi connectivity index (χ0) is 11.8. The minimum atomic E-state index is 0.291.